The summed E-state index contributed by atoms with van der Waals surface area (Å²) in [4.78, 5) is 9.71. The summed E-state index contributed by atoms with van der Waals surface area (Å²) in [5, 5.41) is 4.02. The Morgan fingerprint density at radius 3 is 2.75 bits per heavy atom. The van der Waals surface area contributed by atoms with Crippen molar-refractivity contribution in [1.82, 2.24) is 9.88 Å². The molecule has 0 amide bonds. The fraction of sp³-hybridized carbons (Fsp3) is 0.318. The predicted octanol–water partition coefficient (Wildman–Crippen LogP) is 5.18. The average molecular weight is 414 g/mol. The summed E-state index contributed by atoms with van der Waals surface area (Å²) in [5.74, 6) is 0.879. The average Bonchev–Trinajstić information content (AvgIpc) is 3.07. The molecule has 28 heavy (non-hydrogen) atoms. The van der Waals surface area contributed by atoms with E-state index >= 15 is 0 Å². The van der Waals surface area contributed by atoms with Gasteiger partial charge in [0.1, 0.15) is 10.8 Å². The quantitative estimate of drug-likeness (QED) is 0.575. The summed E-state index contributed by atoms with van der Waals surface area (Å²) in [6, 6.07) is 16.2. The number of rotatable bonds is 5. The number of ether oxygens (including phenoxy) is 1. The van der Waals surface area contributed by atoms with Crippen molar-refractivity contribution in [2.24, 2.45) is 0 Å². The minimum Gasteiger partial charge on any atom is -0.495 e. The first kappa shape index (κ1) is 19.2. The fourth-order valence-electron chi connectivity index (χ4n) is 3.60. The van der Waals surface area contributed by atoms with E-state index in [4.69, 9.17) is 21.3 Å². The maximum absolute atomic E-state index is 6.22. The van der Waals surface area contributed by atoms with Crippen LogP contribution in [-0.4, -0.2) is 43.2 Å². The number of nitrogens with zero attached hydrogens (tertiary/aromatic N) is 3. The third kappa shape index (κ3) is 4.49. The standard InChI is InChI=1S/C22H24ClN3OS/c1-27-21-9-8-18(23)14-20(21)26-11-5-10-25(12-13-26)15-19-16-28-22(24-19)17-6-3-2-4-7-17/h2-4,6-9,14,16H,5,10-13,15H2,1H3. The zero-order chi connectivity index (χ0) is 19.3. The molecular weight excluding hydrogens is 390 g/mol. The van der Waals surface area contributed by atoms with Crippen LogP contribution in [0, 0.1) is 0 Å². The molecule has 4 rings (SSSR count). The predicted molar refractivity (Wildman–Crippen MR) is 118 cm³/mol. The van der Waals surface area contributed by atoms with Crippen molar-refractivity contribution in [3.05, 3.63) is 64.6 Å². The molecule has 2 aromatic carbocycles. The highest BCUT2D eigenvalue weighted by Crippen LogP contribution is 2.32. The molecule has 146 valence electrons. The van der Waals surface area contributed by atoms with Crippen LogP contribution >= 0.6 is 22.9 Å². The van der Waals surface area contributed by atoms with Gasteiger partial charge in [0.25, 0.3) is 0 Å². The molecule has 1 aliphatic rings. The molecule has 0 aliphatic carbocycles. The molecular formula is C22H24ClN3OS. The highest BCUT2D eigenvalue weighted by Gasteiger charge is 2.19. The first-order valence-electron chi connectivity index (χ1n) is 9.53. The number of hydrogen-bond acceptors (Lipinski definition) is 5. The van der Waals surface area contributed by atoms with Crippen molar-refractivity contribution in [3.63, 3.8) is 0 Å². The van der Waals surface area contributed by atoms with Crippen molar-refractivity contribution in [2.75, 3.05) is 38.2 Å². The van der Waals surface area contributed by atoms with Crippen LogP contribution in [0.2, 0.25) is 5.02 Å². The summed E-state index contributed by atoms with van der Waals surface area (Å²) in [6.07, 6.45) is 1.10. The minimum atomic E-state index is 0.743. The van der Waals surface area contributed by atoms with Gasteiger partial charge in [-0.1, -0.05) is 41.9 Å². The van der Waals surface area contributed by atoms with Gasteiger partial charge in [-0.2, -0.15) is 0 Å². The van der Waals surface area contributed by atoms with Crippen LogP contribution in [0.5, 0.6) is 5.75 Å². The second-order valence-corrected chi connectivity index (χ2v) is 8.24. The van der Waals surface area contributed by atoms with E-state index in [1.54, 1.807) is 18.4 Å². The van der Waals surface area contributed by atoms with Gasteiger partial charge >= 0.3 is 0 Å². The highest BCUT2D eigenvalue weighted by atomic mass is 35.5. The lowest BCUT2D eigenvalue weighted by Crippen LogP contribution is -2.30. The lowest BCUT2D eigenvalue weighted by molar-refractivity contribution is 0.282. The molecule has 0 bridgehead atoms. The van der Waals surface area contributed by atoms with Crippen molar-refractivity contribution >= 4 is 28.6 Å². The molecule has 0 atom stereocenters. The van der Waals surface area contributed by atoms with Crippen LogP contribution in [-0.2, 0) is 6.54 Å². The topological polar surface area (TPSA) is 28.6 Å². The third-order valence-corrected chi connectivity index (χ3v) is 6.20. The Hall–Kier alpha value is -2.08. The Morgan fingerprint density at radius 2 is 1.93 bits per heavy atom. The van der Waals surface area contributed by atoms with E-state index in [9.17, 15) is 0 Å². The van der Waals surface area contributed by atoms with Gasteiger partial charge in [-0.25, -0.2) is 4.98 Å². The van der Waals surface area contributed by atoms with Crippen LogP contribution < -0.4 is 9.64 Å². The van der Waals surface area contributed by atoms with Gasteiger partial charge in [0.05, 0.1) is 18.5 Å². The van der Waals surface area contributed by atoms with Crippen molar-refractivity contribution in [2.45, 2.75) is 13.0 Å². The molecule has 1 fully saturated rings. The van der Waals surface area contributed by atoms with Crippen LogP contribution in [0.1, 0.15) is 12.1 Å². The molecule has 6 heteroatoms. The molecule has 0 spiro atoms. The van der Waals surface area contributed by atoms with Crippen molar-refractivity contribution < 1.29 is 4.74 Å². The van der Waals surface area contributed by atoms with Gasteiger partial charge in [0.15, 0.2) is 0 Å². The number of halogens is 1. The van der Waals surface area contributed by atoms with E-state index < -0.39 is 0 Å². The summed E-state index contributed by atoms with van der Waals surface area (Å²) >= 11 is 7.94. The van der Waals surface area contributed by atoms with E-state index in [1.807, 2.05) is 24.3 Å². The van der Waals surface area contributed by atoms with E-state index in [0.29, 0.717) is 0 Å². The zero-order valence-electron chi connectivity index (χ0n) is 16.0. The van der Waals surface area contributed by atoms with E-state index in [1.165, 1.54) is 5.56 Å². The van der Waals surface area contributed by atoms with Crippen molar-refractivity contribution in [3.8, 4) is 16.3 Å². The Kier molecular flexibility index (Phi) is 6.15. The van der Waals surface area contributed by atoms with E-state index in [0.717, 1.165) is 66.3 Å². The lowest BCUT2D eigenvalue weighted by atomic mass is 10.2. The Morgan fingerprint density at radius 1 is 1.07 bits per heavy atom. The second kappa shape index (κ2) is 8.95. The molecule has 0 N–H and O–H groups in total. The maximum Gasteiger partial charge on any atom is 0.142 e. The van der Waals surface area contributed by atoms with Crippen LogP contribution in [0.15, 0.2) is 53.9 Å². The number of thiazole rings is 1. The summed E-state index contributed by atoms with van der Waals surface area (Å²) in [5.41, 5.74) is 3.42. The number of hydrogen-bond donors (Lipinski definition) is 0. The minimum absolute atomic E-state index is 0.743. The molecule has 1 aliphatic heterocycles. The molecule has 1 aromatic heterocycles. The Labute approximate surface area is 175 Å². The van der Waals surface area contributed by atoms with Gasteiger partial charge in [-0.05, 0) is 24.6 Å². The van der Waals surface area contributed by atoms with E-state index in [-0.39, 0.29) is 0 Å². The SMILES string of the molecule is COc1ccc(Cl)cc1N1CCCN(Cc2csc(-c3ccccc3)n2)CC1. The van der Waals surface area contributed by atoms with Crippen LogP contribution in [0.3, 0.4) is 0 Å². The number of methoxy groups -OCH3 is 1. The summed E-state index contributed by atoms with van der Waals surface area (Å²) < 4.78 is 5.54. The first-order valence-corrected chi connectivity index (χ1v) is 10.8. The second-order valence-electron chi connectivity index (χ2n) is 6.94. The van der Waals surface area contributed by atoms with Gasteiger partial charge < -0.3 is 9.64 Å². The van der Waals surface area contributed by atoms with Gasteiger partial charge in [0.2, 0.25) is 0 Å². The molecule has 0 radical (unpaired) electrons. The van der Waals surface area contributed by atoms with Crippen LogP contribution in [0.4, 0.5) is 5.69 Å². The van der Waals surface area contributed by atoms with Gasteiger partial charge in [-0.15, -0.1) is 11.3 Å². The monoisotopic (exact) mass is 413 g/mol. The smallest absolute Gasteiger partial charge is 0.142 e. The summed E-state index contributed by atoms with van der Waals surface area (Å²) in [6.45, 7) is 4.90. The Bertz CT molecular complexity index is 915. The van der Waals surface area contributed by atoms with Gasteiger partial charge in [-0.3, -0.25) is 4.90 Å². The highest BCUT2D eigenvalue weighted by molar-refractivity contribution is 7.13. The number of benzene rings is 2. The normalized spacial score (nSPS) is 15.4. The van der Waals surface area contributed by atoms with Crippen molar-refractivity contribution in [1.29, 1.82) is 0 Å². The fourth-order valence-corrected chi connectivity index (χ4v) is 4.59. The molecule has 2 heterocycles. The molecule has 0 saturated carbocycles. The van der Waals surface area contributed by atoms with Crippen LogP contribution in [0.25, 0.3) is 10.6 Å². The molecule has 0 unspecified atom stereocenters. The zero-order valence-corrected chi connectivity index (χ0v) is 17.5. The molecule has 4 nitrogen and oxygen atoms in total. The number of anilines is 1. The maximum atomic E-state index is 6.22. The first-order chi connectivity index (χ1) is 13.7. The third-order valence-electron chi connectivity index (χ3n) is 5.03. The molecule has 1 saturated heterocycles. The number of aromatic nitrogens is 1. The lowest BCUT2D eigenvalue weighted by Gasteiger charge is -2.25. The van der Waals surface area contributed by atoms with Gasteiger partial charge in [0, 0.05) is 48.7 Å². The Balaban J connectivity index is 1.41. The molecule has 3 aromatic rings. The van der Waals surface area contributed by atoms with E-state index in [2.05, 4.69) is 39.4 Å². The largest absolute Gasteiger partial charge is 0.495 e. The summed E-state index contributed by atoms with van der Waals surface area (Å²) in [7, 11) is 1.71.